The number of carbonyl (C=O) groups is 2. The van der Waals surface area contributed by atoms with E-state index in [0.717, 1.165) is 11.1 Å². The minimum atomic E-state index is -0.630. The van der Waals surface area contributed by atoms with Crippen molar-refractivity contribution in [2.24, 2.45) is 12.5 Å². The van der Waals surface area contributed by atoms with Crippen molar-refractivity contribution in [3.8, 4) is 10.4 Å². The predicted octanol–water partition coefficient (Wildman–Crippen LogP) is 3.36. The molecule has 0 radical (unpaired) electrons. The van der Waals surface area contributed by atoms with Crippen molar-refractivity contribution >= 4 is 23.2 Å². The Balaban J connectivity index is 1.59. The summed E-state index contributed by atoms with van der Waals surface area (Å²) in [5, 5.41) is 9.30. The highest BCUT2D eigenvalue weighted by Gasteiger charge is 2.46. The maximum atomic E-state index is 13.1. The third kappa shape index (κ3) is 4.03. The van der Waals surface area contributed by atoms with Crippen LogP contribution in [0.2, 0.25) is 0 Å². The lowest BCUT2D eigenvalue weighted by Crippen LogP contribution is -2.45. The molecule has 156 valence electrons. The lowest BCUT2D eigenvalue weighted by molar-refractivity contribution is -0.130. The molecule has 3 aromatic rings. The summed E-state index contributed by atoms with van der Waals surface area (Å²) in [4.78, 5) is 29.0. The first kappa shape index (κ1) is 20.3. The van der Waals surface area contributed by atoms with Gasteiger partial charge in [0.2, 0.25) is 5.91 Å². The molecule has 1 aromatic carbocycles. The Morgan fingerprint density at radius 3 is 2.80 bits per heavy atom. The Hall–Kier alpha value is -2.93. The summed E-state index contributed by atoms with van der Waals surface area (Å²) in [6.07, 6.45) is 3.00. The molecule has 7 heteroatoms. The van der Waals surface area contributed by atoms with Gasteiger partial charge in [0, 0.05) is 37.8 Å². The highest BCUT2D eigenvalue weighted by atomic mass is 32.1. The number of thiophene rings is 1. The van der Waals surface area contributed by atoms with E-state index in [4.69, 9.17) is 0 Å². The number of likely N-dealkylation sites (tertiary alicyclic amines) is 1. The van der Waals surface area contributed by atoms with Crippen LogP contribution in [0.15, 0.2) is 54.0 Å². The second kappa shape index (κ2) is 8.44. The van der Waals surface area contributed by atoms with Gasteiger partial charge < -0.3 is 10.2 Å². The average Bonchev–Trinajstić information content (AvgIpc) is 3.49. The maximum Gasteiger partial charge on any atom is 0.274 e. The van der Waals surface area contributed by atoms with Crippen LogP contribution in [0.1, 0.15) is 29.4 Å². The van der Waals surface area contributed by atoms with Crippen LogP contribution in [0.3, 0.4) is 0 Å². The minimum absolute atomic E-state index is 0.0165. The molecule has 3 heterocycles. The molecule has 30 heavy (non-hydrogen) atoms. The summed E-state index contributed by atoms with van der Waals surface area (Å²) >= 11 is 1.70. The van der Waals surface area contributed by atoms with Crippen LogP contribution in [0.4, 0.5) is 0 Å². The molecule has 4 rings (SSSR count). The molecule has 2 amide bonds. The summed E-state index contributed by atoms with van der Waals surface area (Å²) in [6, 6.07) is 14.2. The molecular formula is C23H26N4O2S. The maximum absolute atomic E-state index is 13.1. The fourth-order valence-electron chi connectivity index (χ4n) is 4.16. The Labute approximate surface area is 180 Å². The molecule has 1 aliphatic heterocycles. The second-order valence-corrected chi connectivity index (χ2v) is 8.79. The number of aromatic nitrogens is 2. The molecule has 1 fully saturated rings. The van der Waals surface area contributed by atoms with Crippen molar-refractivity contribution in [3.05, 3.63) is 65.3 Å². The predicted molar refractivity (Wildman–Crippen MR) is 118 cm³/mol. The van der Waals surface area contributed by atoms with Crippen molar-refractivity contribution in [2.75, 3.05) is 19.6 Å². The molecule has 6 nitrogen and oxygen atoms in total. The number of hydrogen-bond donors (Lipinski definition) is 1. The third-order valence-electron chi connectivity index (χ3n) is 5.67. The first-order valence-corrected chi connectivity index (χ1v) is 11.1. The minimum Gasteiger partial charge on any atom is -0.356 e. The van der Waals surface area contributed by atoms with Gasteiger partial charge in [-0.2, -0.15) is 5.10 Å². The largest absolute Gasteiger partial charge is 0.356 e. The zero-order valence-electron chi connectivity index (χ0n) is 17.3. The third-order valence-corrected chi connectivity index (χ3v) is 6.59. The zero-order chi connectivity index (χ0) is 21.1. The monoisotopic (exact) mass is 422 g/mol. The van der Waals surface area contributed by atoms with Crippen LogP contribution in [0, 0.1) is 5.41 Å². The Kier molecular flexibility index (Phi) is 5.72. The van der Waals surface area contributed by atoms with Gasteiger partial charge >= 0.3 is 0 Å². The molecule has 0 saturated carbocycles. The van der Waals surface area contributed by atoms with Crippen LogP contribution in [-0.4, -0.2) is 46.1 Å². The number of nitrogens with zero attached hydrogens (tertiary/aromatic N) is 3. The average molecular weight is 423 g/mol. The van der Waals surface area contributed by atoms with Crippen LogP contribution in [0.5, 0.6) is 0 Å². The summed E-state index contributed by atoms with van der Waals surface area (Å²) in [6.45, 7) is 3.45. The molecule has 1 aliphatic rings. The number of rotatable bonds is 6. The highest BCUT2D eigenvalue weighted by Crippen LogP contribution is 2.36. The van der Waals surface area contributed by atoms with E-state index in [1.807, 2.05) is 19.1 Å². The van der Waals surface area contributed by atoms with E-state index < -0.39 is 5.41 Å². The molecule has 1 saturated heterocycles. The summed E-state index contributed by atoms with van der Waals surface area (Å²) in [7, 11) is 1.79. The molecule has 1 N–H and O–H groups in total. The van der Waals surface area contributed by atoms with Gasteiger partial charge in [-0.05, 0) is 48.4 Å². The van der Waals surface area contributed by atoms with Crippen molar-refractivity contribution < 1.29 is 9.59 Å². The topological polar surface area (TPSA) is 67.2 Å². The van der Waals surface area contributed by atoms with Crippen LogP contribution in [-0.2, 0) is 18.3 Å². The zero-order valence-corrected chi connectivity index (χ0v) is 18.1. The smallest absolute Gasteiger partial charge is 0.274 e. The number of benzene rings is 1. The first-order chi connectivity index (χ1) is 14.5. The normalized spacial score (nSPS) is 18.5. The van der Waals surface area contributed by atoms with E-state index in [1.165, 1.54) is 4.88 Å². The van der Waals surface area contributed by atoms with Gasteiger partial charge in [0.25, 0.3) is 5.91 Å². The number of amides is 2. The highest BCUT2D eigenvalue weighted by molar-refractivity contribution is 7.13. The van der Waals surface area contributed by atoms with Gasteiger partial charge in [0.15, 0.2) is 0 Å². The van der Waals surface area contributed by atoms with Gasteiger partial charge in [-0.25, -0.2) is 0 Å². The van der Waals surface area contributed by atoms with Gasteiger partial charge in [0.05, 0.1) is 5.41 Å². The van der Waals surface area contributed by atoms with Crippen molar-refractivity contribution in [1.29, 1.82) is 0 Å². The fraction of sp³-hybridized carbons (Fsp3) is 0.348. The van der Waals surface area contributed by atoms with E-state index in [1.54, 1.807) is 40.2 Å². The summed E-state index contributed by atoms with van der Waals surface area (Å²) in [5.74, 6) is -0.100. The fourth-order valence-corrected chi connectivity index (χ4v) is 4.89. The standard InChI is InChI=1S/C23H26N4O2S/c1-3-24-22(29)23(10-12-27(16-23)21(28)19-9-11-26(2)25-19)15-17-6-4-7-18(14-17)20-8-5-13-30-20/h4-9,11,13-14H,3,10,12,15-16H2,1-2H3,(H,24,29)/t23-/m0/s1. The lowest BCUT2D eigenvalue weighted by Gasteiger charge is -2.28. The van der Waals surface area contributed by atoms with Crippen LogP contribution >= 0.6 is 11.3 Å². The van der Waals surface area contributed by atoms with E-state index in [0.29, 0.717) is 38.2 Å². The Morgan fingerprint density at radius 2 is 2.10 bits per heavy atom. The molecule has 0 bridgehead atoms. The number of hydrogen-bond acceptors (Lipinski definition) is 4. The van der Waals surface area contributed by atoms with E-state index in [2.05, 4.69) is 40.1 Å². The van der Waals surface area contributed by atoms with Crippen LogP contribution in [0.25, 0.3) is 10.4 Å². The molecule has 0 spiro atoms. The van der Waals surface area contributed by atoms with E-state index in [9.17, 15) is 9.59 Å². The van der Waals surface area contributed by atoms with Gasteiger partial charge in [0.1, 0.15) is 5.69 Å². The number of carbonyl (C=O) groups excluding carboxylic acids is 2. The number of aryl methyl sites for hydroxylation is 1. The Morgan fingerprint density at radius 1 is 1.23 bits per heavy atom. The van der Waals surface area contributed by atoms with Crippen molar-refractivity contribution in [1.82, 2.24) is 20.0 Å². The molecule has 0 aliphatic carbocycles. The van der Waals surface area contributed by atoms with E-state index >= 15 is 0 Å². The summed E-state index contributed by atoms with van der Waals surface area (Å²) < 4.78 is 1.62. The lowest BCUT2D eigenvalue weighted by atomic mass is 9.79. The number of nitrogens with one attached hydrogen (secondary N) is 1. The van der Waals surface area contributed by atoms with Crippen molar-refractivity contribution in [2.45, 2.75) is 19.8 Å². The van der Waals surface area contributed by atoms with Crippen molar-refractivity contribution in [3.63, 3.8) is 0 Å². The SMILES string of the molecule is CCNC(=O)[C@]1(Cc2cccc(-c3cccs3)c2)CCN(C(=O)c2ccn(C)n2)C1. The summed E-state index contributed by atoms with van der Waals surface area (Å²) in [5.41, 5.74) is 2.06. The molecule has 1 atom stereocenters. The molecule has 2 aromatic heterocycles. The molecular weight excluding hydrogens is 396 g/mol. The quantitative estimate of drug-likeness (QED) is 0.662. The second-order valence-electron chi connectivity index (χ2n) is 7.85. The van der Waals surface area contributed by atoms with Crippen LogP contribution < -0.4 is 5.32 Å². The van der Waals surface area contributed by atoms with E-state index in [-0.39, 0.29) is 11.8 Å². The first-order valence-electron chi connectivity index (χ1n) is 10.2. The van der Waals surface area contributed by atoms with Gasteiger partial charge in [-0.1, -0.05) is 30.3 Å². The molecule has 0 unspecified atom stereocenters. The van der Waals surface area contributed by atoms with Gasteiger partial charge in [-0.15, -0.1) is 11.3 Å². The van der Waals surface area contributed by atoms with Gasteiger partial charge in [-0.3, -0.25) is 14.3 Å². The Bertz CT molecular complexity index is 1040.